The first-order valence-corrected chi connectivity index (χ1v) is 17.2. The summed E-state index contributed by atoms with van der Waals surface area (Å²) in [5.41, 5.74) is 0.0893. The molecule has 256 valence electrons. The summed E-state index contributed by atoms with van der Waals surface area (Å²) in [7, 11) is 3.25. The van der Waals surface area contributed by atoms with E-state index in [0.717, 1.165) is 43.8 Å². The number of rotatable bonds is 2. The minimum absolute atomic E-state index is 0.606. The van der Waals surface area contributed by atoms with E-state index >= 15 is 0 Å². The van der Waals surface area contributed by atoms with Crippen LogP contribution in [0.5, 0.6) is 11.5 Å². The van der Waals surface area contributed by atoms with Crippen molar-refractivity contribution in [3.05, 3.63) is 180 Å². The van der Waals surface area contributed by atoms with E-state index in [1.165, 1.54) is 0 Å². The van der Waals surface area contributed by atoms with Crippen molar-refractivity contribution in [2.45, 2.75) is 22.4 Å². The molecule has 0 heterocycles. The largest absolute Gasteiger partial charge is 0.496 e. The quantitative estimate of drug-likeness (QED) is 0.138. The van der Waals surface area contributed by atoms with Crippen LogP contribution in [0.2, 0.25) is 0 Å². The number of benzene rings is 6. The molecule has 14 rings (SSSR count). The maximum atomic E-state index is 12.1. The Morgan fingerprint density at radius 3 is 0.981 bits per heavy atom. The average Bonchev–Trinajstić information content (AvgIpc) is 3.19. The second-order valence-corrected chi connectivity index (χ2v) is 13.9. The first-order chi connectivity index (χ1) is 25.0. The summed E-state index contributed by atoms with van der Waals surface area (Å²) < 4.78 is 12.0. The standard InChI is InChI=1S/C46H36O6/c1-51-39-17-9-31-7-15-35-27-37(31)41(39)42-38-28-36(16-8-32(38)10-18-40(42)52-2)46(50)25-21-44(48,22-26-46)34-13-5-30(6-14-34)29-3-11-33(12-4-29)43(47)19-23-45(35,49)24-20-43/h3-28,47-50H,1-2H3. The van der Waals surface area contributed by atoms with E-state index in [4.69, 9.17) is 9.47 Å². The SMILES string of the molecule is COc1ccc2ccc3cc2c1-c1c(OC)ccc2ccc(cc12)C1(O)C=CC(O)(C=C1)c1ccc(cc1)-c1ccc(cc1)C1(O)C=CC3(O)C=C1. The Morgan fingerprint density at radius 1 is 0.365 bits per heavy atom. The van der Waals surface area contributed by atoms with Crippen molar-refractivity contribution in [1.29, 1.82) is 0 Å². The summed E-state index contributed by atoms with van der Waals surface area (Å²) in [5, 5.41) is 51.1. The minimum Gasteiger partial charge on any atom is -0.496 e. The number of methoxy groups -OCH3 is 2. The molecule has 6 nitrogen and oxygen atoms in total. The highest BCUT2D eigenvalue weighted by molar-refractivity contribution is 6.10. The van der Waals surface area contributed by atoms with Crippen LogP contribution in [0.4, 0.5) is 0 Å². The van der Waals surface area contributed by atoms with Gasteiger partial charge in [0, 0.05) is 11.1 Å². The molecular formula is C46H36O6. The maximum Gasteiger partial charge on any atom is 0.127 e. The molecule has 0 spiro atoms. The molecule has 0 atom stereocenters. The molecule has 0 unspecified atom stereocenters. The highest BCUT2D eigenvalue weighted by Gasteiger charge is 2.36. The number of hydrogen-bond donors (Lipinski definition) is 4. The fraction of sp³-hybridized carbons (Fsp3) is 0.130. The number of ether oxygens (including phenoxy) is 2. The molecule has 52 heavy (non-hydrogen) atoms. The molecule has 6 heteroatoms. The summed E-state index contributed by atoms with van der Waals surface area (Å²) in [6.45, 7) is 0. The zero-order valence-electron chi connectivity index (χ0n) is 28.6. The Bertz CT molecular complexity index is 2330. The van der Waals surface area contributed by atoms with Crippen LogP contribution in [0.25, 0.3) is 43.8 Å². The van der Waals surface area contributed by atoms with Gasteiger partial charge in [-0.1, -0.05) is 84.9 Å². The van der Waals surface area contributed by atoms with Gasteiger partial charge in [-0.05, 0) is 128 Å². The third kappa shape index (κ3) is 4.88. The van der Waals surface area contributed by atoms with Gasteiger partial charge in [-0.15, -0.1) is 0 Å². The monoisotopic (exact) mass is 684 g/mol. The first-order valence-electron chi connectivity index (χ1n) is 17.2. The molecule has 8 aliphatic rings. The van der Waals surface area contributed by atoms with Crippen molar-refractivity contribution >= 4 is 21.5 Å². The zero-order valence-corrected chi connectivity index (χ0v) is 28.6. The average molecular weight is 685 g/mol. The zero-order chi connectivity index (χ0) is 35.9. The third-order valence-corrected chi connectivity index (χ3v) is 11.0. The molecule has 4 N–H and O–H groups in total. The van der Waals surface area contributed by atoms with Crippen molar-refractivity contribution < 1.29 is 29.9 Å². The Morgan fingerprint density at radius 2 is 0.654 bits per heavy atom. The summed E-state index contributed by atoms with van der Waals surface area (Å²) in [6.07, 6.45) is 13.0. The fourth-order valence-electron chi connectivity index (χ4n) is 7.82. The van der Waals surface area contributed by atoms with Gasteiger partial charge in [0.25, 0.3) is 0 Å². The molecule has 12 bridgehead atoms. The van der Waals surface area contributed by atoms with Crippen molar-refractivity contribution in [2.75, 3.05) is 14.2 Å². The first kappa shape index (κ1) is 32.2. The summed E-state index contributed by atoms with van der Waals surface area (Å²) in [5.74, 6) is 1.21. The van der Waals surface area contributed by atoms with Crippen LogP contribution in [0.1, 0.15) is 22.3 Å². The summed E-state index contributed by atoms with van der Waals surface area (Å²) in [6, 6.07) is 34.7. The van der Waals surface area contributed by atoms with Gasteiger partial charge < -0.3 is 29.9 Å². The fourth-order valence-corrected chi connectivity index (χ4v) is 7.82. The lowest BCUT2D eigenvalue weighted by molar-refractivity contribution is 0.106. The van der Waals surface area contributed by atoms with Crippen molar-refractivity contribution in [3.8, 4) is 33.8 Å². The van der Waals surface area contributed by atoms with Gasteiger partial charge in [0.1, 0.15) is 33.9 Å². The smallest absolute Gasteiger partial charge is 0.127 e. The lowest BCUT2D eigenvalue weighted by atomic mass is 9.79. The molecule has 6 aromatic carbocycles. The molecule has 0 radical (unpaired) electrons. The predicted octanol–water partition coefficient (Wildman–Crippen LogP) is 8.06. The van der Waals surface area contributed by atoms with Gasteiger partial charge >= 0.3 is 0 Å². The van der Waals surface area contributed by atoms with Crippen LogP contribution in [0.3, 0.4) is 0 Å². The van der Waals surface area contributed by atoms with Crippen LogP contribution >= 0.6 is 0 Å². The second-order valence-electron chi connectivity index (χ2n) is 13.9. The Balaban J connectivity index is 1.32. The van der Waals surface area contributed by atoms with E-state index in [2.05, 4.69) is 0 Å². The topological polar surface area (TPSA) is 99.4 Å². The Hall–Kier alpha value is -5.76. The molecular weight excluding hydrogens is 649 g/mol. The Kier molecular flexibility index (Phi) is 7.03. The van der Waals surface area contributed by atoms with Crippen molar-refractivity contribution in [3.63, 3.8) is 0 Å². The third-order valence-electron chi connectivity index (χ3n) is 11.0. The number of aliphatic hydroxyl groups is 4. The van der Waals surface area contributed by atoms with E-state index in [9.17, 15) is 20.4 Å². The molecule has 0 aromatic heterocycles. The highest BCUT2D eigenvalue weighted by Crippen LogP contribution is 2.48. The molecule has 0 saturated heterocycles. The normalized spacial score (nSPS) is 25.5. The maximum absolute atomic E-state index is 12.1. The van der Waals surface area contributed by atoms with Gasteiger partial charge in [0.05, 0.1) is 14.2 Å². The molecule has 6 aromatic rings. The Labute approximate surface area is 301 Å². The van der Waals surface area contributed by atoms with Crippen LogP contribution < -0.4 is 9.47 Å². The molecule has 0 fully saturated rings. The second kappa shape index (κ2) is 11.4. The highest BCUT2D eigenvalue weighted by atomic mass is 16.5. The van der Waals surface area contributed by atoms with Crippen LogP contribution in [-0.4, -0.2) is 34.6 Å². The predicted molar refractivity (Wildman–Crippen MR) is 204 cm³/mol. The van der Waals surface area contributed by atoms with E-state index < -0.39 is 22.4 Å². The molecule has 8 aliphatic carbocycles. The van der Waals surface area contributed by atoms with Crippen LogP contribution in [-0.2, 0) is 22.4 Å². The number of fused-ring (bicyclic) bond motifs is 2. The van der Waals surface area contributed by atoms with E-state index in [1.807, 2.05) is 109 Å². The summed E-state index contributed by atoms with van der Waals surface area (Å²) >= 11 is 0. The van der Waals surface area contributed by atoms with Gasteiger partial charge in [-0.2, -0.15) is 0 Å². The summed E-state index contributed by atoms with van der Waals surface area (Å²) in [4.78, 5) is 0. The lowest BCUT2D eigenvalue weighted by Gasteiger charge is -2.32. The van der Waals surface area contributed by atoms with Crippen molar-refractivity contribution in [2.24, 2.45) is 0 Å². The molecule has 0 amide bonds. The molecule has 0 aliphatic heterocycles. The van der Waals surface area contributed by atoms with Crippen molar-refractivity contribution in [1.82, 2.24) is 0 Å². The van der Waals surface area contributed by atoms with Crippen LogP contribution in [0.15, 0.2) is 158 Å². The van der Waals surface area contributed by atoms with E-state index in [1.54, 1.807) is 62.8 Å². The van der Waals surface area contributed by atoms with Crippen LogP contribution in [0, 0.1) is 0 Å². The van der Waals surface area contributed by atoms with E-state index in [-0.39, 0.29) is 0 Å². The number of hydrogen-bond acceptors (Lipinski definition) is 6. The van der Waals surface area contributed by atoms with Gasteiger partial charge in [0.2, 0.25) is 0 Å². The van der Waals surface area contributed by atoms with Gasteiger partial charge in [-0.3, -0.25) is 0 Å². The lowest BCUT2D eigenvalue weighted by Crippen LogP contribution is -2.30. The van der Waals surface area contributed by atoms with Gasteiger partial charge in [0.15, 0.2) is 0 Å². The van der Waals surface area contributed by atoms with Gasteiger partial charge in [-0.25, -0.2) is 0 Å². The minimum atomic E-state index is -1.50. The van der Waals surface area contributed by atoms with E-state index in [0.29, 0.717) is 33.8 Å². The molecule has 0 saturated carbocycles.